The third kappa shape index (κ3) is 5.76. The third-order valence-electron chi connectivity index (χ3n) is 6.29. The Balaban J connectivity index is 1.84. The standard InChI is InChI=1S/C27H29ClN4O4/c1-35-23-13-8-18(16-24(23)36-2)25(26(33)31-20-6-4-3-5-7-20)32(21-11-9-19(28)10-12-21)27(34)22-17-29-14-15-30-22/h8-17,20,25H,3-7H2,1-2H3,(H,31,33)/t25-/m0/s1. The molecular weight excluding hydrogens is 480 g/mol. The molecule has 1 N–H and O–H groups in total. The highest BCUT2D eigenvalue weighted by atomic mass is 35.5. The molecule has 3 aromatic rings. The summed E-state index contributed by atoms with van der Waals surface area (Å²) in [6.07, 6.45) is 9.42. The molecule has 0 aliphatic heterocycles. The van der Waals surface area contributed by atoms with E-state index in [1.807, 2.05) is 0 Å². The molecule has 0 radical (unpaired) electrons. The number of amides is 2. The number of methoxy groups -OCH3 is 2. The topological polar surface area (TPSA) is 93.7 Å². The first-order valence-electron chi connectivity index (χ1n) is 11.9. The Morgan fingerprint density at radius 1 is 1.00 bits per heavy atom. The van der Waals surface area contributed by atoms with Crippen molar-refractivity contribution < 1.29 is 19.1 Å². The van der Waals surface area contributed by atoms with E-state index in [-0.39, 0.29) is 17.6 Å². The Kier molecular flexibility index (Phi) is 8.38. The van der Waals surface area contributed by atoms with Crippen LogP contribution in [0, 0.1) is 0 Å². The zero-order valence-electron chi connectivity index (χ0n) is 20.3. The van der Waals surface area contributed by atoms with E-state index in [1.165, 1.54) is 30.6 Å². The van der Waals surface area contributed by atoms with Gasteiger partial charge in [0.15, 0.2) is 11.5 Å². The molecule has 1 saturated carbocycles. The minimum Gasteiger partial charge on any atom is -0.493 e. The molecule has 2 amide bonds. The number of nitrogens with one attached hydrogen (secondary N) is 1. The predicted octanol–water partition coefficient (Wildman–Crippen LogP) is 4.98. The minimum absolute atomic E-state index is 0.0487. The summed E-state index contributed by atoms with van der Waals surface area (Å²) in [6, 6.07) is 11.0. The summed E-state index contributed by atoms with van der Waals surface area (Å²) < 4.78 is 10.9. The van der Waals surface area contributed by atoms with Crippen LogP contribution in [-0.2, 0) is 4.79 Å². The van der Waals surface area contributed by atoms with E-state index in [2.05, 4.69) is 15.3 Å². The molecule has 1 aliphatic rings. The molecular formula is C27H29ClN4O4. The number of nitrogens with zero attached hydrogens (tertiary/aromatic N) is 3. The highest BCUT2D eigenvalue weighted by Gasteiger charge is 2.35. The number of rotatable bonds is 8. The predicted molar refractivity (Wildman–Crippen MR) is 138 cm³/mol. The van der Waals surface area contributed by atoms with E-state index < -0.39 is 11.9 Å². The zero-order valence-corrected chi connectivity index (χ0v) is 21.1. The van der Waals surface area contributed by atoms with Gasteiger partial charge < -0.3 is 14.8 Å². The van der Waals surface area contributed by atoms with E-state index in [1.54, 1.807) is 49.6 Å². The van der Waals surface area contributed by atoms with Crippen molar-refractivity contribution in [2.45, 2.75) is 44.2 Å². The van der Waals surface area contributed by atoms with Gasteiger partial charge in [-0.1, -0.05) is 36.9 Å². The number of aromatic nitrogens is 2. The molecule has 1 aromatic heterocycles. The normalized spacial score (nSPS) is 14.5. The summed E-state index contributed by atoms with van der Waals surface area (Å²) in [5.41, 5.74) is 1.17. The van der Waals surface area contributed by atoms with Crippen LogP contribution in [0.15, 0.2) is 61.1 Å². The van der Waals surface area contributed by atoms with Gasteiger partial charge in [0.05, 0.1) is 20.4 Å². The molecule has 4 rings (SSSR count). The summed E-state index contributed by atoms with van der Waals surface area (Å²) in [4.78, 5) is 37.5. The van der Waals surface area contributed by atoms with Crippen molar-refractivity contribution in [2.75, 3.05) is 19.1 Å². The monoisotopic (exact) mass is 508 g/mol. The van der Waals surface area contributed by atoms with Crippen LogP contribution in [0.5, 0.6) is 11.5 Å². The van der Waals surface area contributed by atoms with Crippen molar-refractivity contribution >= 4 is 29.1 Å². The molecule has 1 fully saturated rings. The first-order valence-corrected chi connectivity index (χ1v) is 12.3. The SMILES string of the molecule is COc1ccc([C@@H](C(=O)NC2CCCCC2)N(C(=O)c2cnccn2)c2ccc(Cl)cc2)cc1OC. The zero-order chi connectivity index (χ0) is 25.5. The van der Waals surface area contributed by atoms with Crippen LogP contribution in [0.25, 0.3) is 0 Å². The van der Waals surface area contributed by atoms with Gasteiger partial charge in [0, 0.05) is 29.1 Å². The lowest BCUT2D eigenvalue weighted by molar-refractivity contribution is -0.123. The summed E-state index contributed by atoms with van der Waals surface area (Å²) in [5.74, 6) is 0.213. The molecule has 0 spiro atoms. The van der Waals surface area contributed by atoms with Gasteiger partial charge in [-0.05, 0) is 54.8 Å². The average molecular weight is 509 g/mol. The smallest absolute Gasteiger partial charge is 0.279 e. The van der Waals surface area contributed by atoms with Crippen molar-refractivity contribution in [3.05, 3.63) is 77.3 Å². The Morgan fingerprint density at radius 2 is 1.72 bits per heavy atom. The largest absolute Gasteiger partial charge is 0.493 e. The second-order valence-electron chi connectivity index (χ2n) is 8.60. The molecule has 0 unspecified atom stereocenters. The first-order chi connectivity index (χ1) is 17.5. The number of carbonyl (C=O) groups is 2. The minimum atomic E-state index is -1.01. The first kappa shape index (κ1) is 25.4. The summed E-state index contributed by atoms with van der Waals surface area (Å²) in [6.45, 7) is 0. The highest BCUT2D eigenvalue weighted by Crippen LogP contribution is 2.35. The summed E-state index contributed by atoms with van der Waals surface area (Å²) in [5, 5.41) is 3.70. The van der Waals surface area contributed by atoms with Crippen LogP contribution in [-0.4, -0.2) is 42.0 Å². The van der Waals surface area contributed by atoms with E-state index >= 15 is 0 Å². The molecule has 0 saturated heterocycles. The maximum Gasteiger partial charge on any atom is 0.279 e. The van der Waals surface area contributed by atoms with Gasteiger partial charge in [0.1, 0.15) is 11.7 Å². The van der Waals surface area contributed by atoms with Gasteiger partial charge >= 0.3 is 0 Å². The Hall–Kier alpha value is -3.65. The molecule has 1 aliphatic carbocycles. The van der Waals surface area contributed by atoms with Gasteiger partial charge in [0.25, 0.3) is 5.91 Å². The van der Waals surface area contributed by atoms with Crippen molar-refractivity contribution in [1.29, 1.82) is 0 Å². The van der Waals surface area contributed by atoms with Gasteiger partial charge in [-0.3, -0.25) is 19.5 Å². The highest BCUT2D eigenvalue weighted by molar-refractivity contribution is 6.30. The second kappa shape index (κ2) is 11.9. The molecule has 1 heterocycles. The van der Waals surface area contributed by atoms with Gasteiger partial charge in [-0.25, -0.2) is 4.98 Å². The van der Waals surface area contributed by atoms with Crippen LogP contribution >= 0.6 is 11.6 Å². The quantitative estimate of drug-likeness (QED) is 0.461. The van der Waals surface area contributed by atoms with Crippen LogP contribution in [0.4, 0.5) is 5.69 Å². The number of hydrogen-bond donors (Lipinski definition) is 1. The van der Waals surface area contributed by atoms with Crippen LogP contribution in [0.2, 0.25) is 5.02 Å². The fraction of sp³-hybridized carbons (Fsp3) is 0.333. The third-order valence-corrected chi connectivity index (χ3v) is 6.54. The van der Waals surface area contributed by atoms with Crippen molar-refractivity contribution in [1.82, 2.24) is 15.3 Å². The van der Waals surface area contributed by atoms with E-state index in [4.69, 9.17) is 21.1 Å². The maximum atomic E-state index is 13.9. The van der Waals surface area contributed by atoms with Crippen LogP contribution in [0.1, 0.15) is 54.2 Å². The molecule has 9 heteroatoms. The van der Waals surface area contributed by atoms with Crippen LogP contribution < -0.4 is 19.7 Å². The van der Waals surface area contributed by atoms with E-state index in [0.29, 0.717) is 27.8 Å². The fourth-order valence-electron chi connectivity index (χ4n) is 4.49. The Morgan fingerprint density at radius 3 is 2.36 bits per heavy atom. The fourth-order valence-corrected chi connectivity index (χ4v) is 4.61. The molecule has 188 valence electrons. The van der Waals surface area contributed by atoms with Gasteiger partial charge in [0.2, 0.25) is 5.91 Å². The van der Waals surface area contributed by atoms with Crippen molar-refractivity contribution in [2.24, 2.45) is 0 Å². The summed E-state index contributed by atoms with van der Waals surface area (Å²) in [7, 11) is 3.07. The number of hydrogen-bond acceptors (Lipinski definition) is 6. The lowest BCUT2D eigenvalue weighted by Gasteiger charge is -2.33. The lowest BCUT2D eigenvalue weighted by Crippen LogP contribution is -2.47. The van der Waals surface area contributed by atoms with Gasteiger partial charge in [-0.15, -0.1) is 0 Å². The second-order valence-corrected chi connectivity index (χ2v) is 9.04. The maximum absolute atomic E-state index is 13.9. The van der Waals surface area contributed by atoms with Crippen molar-refractivity contribution in [3.8, 4) is 11.5 Å². The number of anilines is 1. The molecule has 0 bridgehead atoms. The Labute approximate surface area is 215 Å². The molecule has 36 heavy (non-hydrogen) atoms. The van der Waals surface area contributed by atoms with Crippen molar-refractivity contribution in [3.63, 3.8) is 0 Å². The molecule has 8 nitrogen and oxygen atoms in total. The van der Waals surface area contributed by atoms with Gasteiger partial charge in [-0.2, -0.15) is 0 Å². The Bertz CT molecular complexity index is 1180. The number of carbonyl (C=O) groups excluding carboxylic acids is 2. The van der Waals surface area contributed by atoms with Crippen LogP contribution in [0.3, 0.4) is 0 Å². The lowest BCUT2D eigenvalue weighted by atomic mass is 9.94. The molecule has 1 atom stereocenters. The van der Waals surface area contributed by atoms with E-state index in [9.17, 15) is 9.59 Å². The molecule has 2 aromatic carbocycles. The number of halogens is 1. The number of ether oxygens (including phenoxy) is 2. The summed E-state index contributed by atoms with van der Waals surface area (Å²) >= 11 is 6.14. The number of benzene rings is 2. The average Bonchev–Trinajstić information content (AvgIpc) is 2.92. The van der Waals surface area contributed by atoms with E-state index in [0.717, 1.165) is 32.1 Å².